The van der Waals surface area contributed by atoms with Crippen molar-refractivity contribution in [3.8, 4) is 17.3 Å². The van der Waals surface area contributed by atoms with E-state index in [2.05, 4.69) is 26.6 Å². The van der Waals surface area contributed by atoms with Gasteiger partial charge in [0.1, 0.15) is 22.5 Å². The second kappa shape index (κ2) is 11.4. The molecule has 1 aliphatic heterocycles. The van der Waals surface area contributed by atoms with Crippen LogP contribution in [-0.2, 0) is 23.1 Å². The van der Waals surface area contributed by atoms with E-state index >= 15 is 0 Å². The van der Waals surface area contributed by atoms with Gasteiger partial charge in [-0.2, -0.15) is 0 Å². The van der Waals surface area contributed by atoms with E-state index in [4.69, 9.17) is 25.2 Å². The molecule has 3 aromatic heterocycles. The van der Waals surface area contributed by atoms with E-state index in [-0.39, 0.29) is 29.9 Å². The Hall–Kier alpha value is -3.96. The lowest BCUT2D eigenvalue weighted by molar-refractivity contribution is -0.140. The van der Waals surface area contributed by atoms with E-state index in [0.29, 0.717) is 35.2 Å². The molecule has 0 spiro atoms. The highest BCUT2D eigenvalue weighted by Gasteiger charge is 2.41. The Morgan fingerprint density at radius 3 is 2.61 bits per heavy atom. The van der Waals surface area contributed by atoms with Crippen LogP contribution in [0.1, 0.15) is 75.0 Å². The number of carbonyl (C=O) groups excluding carboxylic acids is 2. The third kappa shape index (κ3) is 5.23. The van der Waals surface area contributed by atoms with E-state index in [1.807, 2.05) is 37.1 Å². The van der Waals surface area contributed by atoms with Crippen molar-refractivity contribution in [1.29, 1.82) is 0 Å². The van der Waals surface area contributed by atoms with Gasteiger partial charge in [0.2, 0.25) is 0 Å². The van der Waals surface area contributed by atoms with Gasteiger partial charge in [-0.3, -0.25) is 9.59 Å². The molecule has 2 saturated carbocycles. The molecule has 2 bridgehead atoms. The van der Waals surface area contributed by atoms with Gasteiger partial charge in [0, 0.05) is 50.3 Å². The van der Waals surface area contributed by atoms with Crippen molar-refractivity contribution >= 4 is 33.9 Å². The fraction of sp³-hybridized carbons (Fsp3) is 0.543. The Balaban J connectivity index is 1.28. The van der Waals surface area contributed by atoms with E-state index in [1.165, 1.54) is 20.0 Å². The van der Waals surface area contributed by atoms with Gasteiger partial charge >= 0.3 is 0 Å². The molecule has 2 aliphatic carbocycles. The number of fused-ring (bicyclic) bond motifs is 4. The molecule has 2 amide bonds. The lowest BCUT2D eigenvalue weighted by Crippen LogP contribution is -2.51. The molecule has 1 aromatic carbocycles. The smallest absolute Gasteiger partial charge is 0.254 e. The number of likely N-dealkylation sites (tertiary alicyclic amines) is 1. The predicted octanol–water partition coefficient (Wildman–Crippen LogP) is 4.56. The molecule has 3 N–H and O–H groups in total. The number of pyridine rings is 1. The minimum atomic E-state index is -0.941. The Morgan fingerprint density at radius 2 is 1.89 bits per heavy atom. The van der Waals surface area contributed by atoms with Crippen molar-refractivity contribution in [3.63, 3.8) is 0 Å². The summed E-state index contributed by atoms with van der Waals surface area (Å²) in [5.41, 5.74) is 10.2. The van der Waals surface area contributed by atoms with Crippen molar-refractivity contribution < 1.29 is 19.1 Å². The summed E-state index contributed by atoms with van der Waals surface area (Å²) in [6.07, 6.45) is 5.45. The molecule has 11 nitrogen and oxygen atoms in total. The molecule has 244 valence electrons. The molecule has 0 radical (unpaired) electrons. The molecular formula is C35H45N7O4. The molecule has 11 heteroatoms. The number of nitrogens with two attached hydrogens (primary N) is 1. The first-order valence-corrected chi connectivity index (χ1v) is 16.5. The molecule has 1 saturated heterocycles. The van der Waals surface area contributed by atoms with Crippen molar-refractivity contribution in [2.24, 2.45) is 24.6 Å². The zero-order valence-corrected chi connectivity index (χ0v) is 27.7. The third-order valence-electron chi connectivity index (χ3n) is 10.5. The minimum Gasteiger partial charge on any atom is -0.494 e. The number of aromatic nitrogens is 4. The van der Waals surface area contributed by atoms with Gasteiger partial charge in [-0.15, -0.1) is 0 Å². The SMILES string of the molecule is COc1cc(C(=O)N2C[C@H](N)[C@H]3CC[C@@H]2C3)cc2nc(-c3cc4ccc([C@@H](C)NC(=O)C(C)(C)OC)nc4n3CC3CC3)n(C)c12. The second-order valence-electron chi connectivity index (χ2n) is 14.0. The zero-order chi connectivity index (χ0) is 32.5. The van der Waals surface area contributed by atoms with Gasteiger partial charge in [-0.05, 0) is 95.0 Å². The van der Waals surface area contributed by atoms with Crippen LogP contribution in [0.2, 0.25) is 0 Å². The van der Waals surface area contributed by atoms with Crippen LogP contribution in [-0.4, -0.2) is 74.3 Å². The summed E-state index contributed by atoms with van der Waals surface area (Å²) in [5, 5.41) is 4.05. The number of hydrogen-bond donors (Lipinski definition) is 2. The molecule has 0 unspecified atom stereocenters. The molecule has 4 heterocycles. The van der Waals surface area contributed by atoms with Crippen LogP contribution in [0.15, 0.2) is 30.3 Å². The fourth-order valence-electron chi connectivity index (χ4n) is 7.27. The third-order valence-corrected chi connectivity index (χ3v) is 10.5. The van der Waals surface area contributed by atoms with Crippen molar-refractivity contribution in [2.75, 3.05) is 20.8 Å². The Kier molecular flexibility index (Phi) is 7.59. The minimum absolute atomic E-state index is 0.0112. The normalized spacial score (nSPS) is 22.1. The van der Waals surface area contributed by atoms with Crippen LogP contribution in [0.5, 0.6) is 5.75 Å². The molecule has 3 fully saturated rings. The summed E-state index contributed by atoms with van der Waals surface area (Å²) in [6.45, 7) is 6.84. The number of ether oxygens (including phenoxy) is 2. The standard InChI is InChI=1S/C35H45N7O4/c1-19(37-34(44)35(2,3)46-6)26-12-10-22-15-28(42(31(22)38-26)17-20-7-8-20)32-39-27-14-23(16-29(45-5)30(27)40(32)4)33(43)41-18-25(36)21-9-11-24(41)13-21/h10,12,14-16,19-21,24-25H,7-9,11,13,17-18,36H2,1-6H3,(H,37,44)/t19-,21+,24-,25+/m1/s1. The number of methoxy groups -OCH3 is 2. The number of carbonyl (C=O) groups is 2. The summed E-state index contributed by atoms with van der Waals surface area (Å²) < 4.78 is 15.5. The average Bonchev–Trinajstić information content (AvgIpc) is 3.51. The largest absolute Gasteiger partial charge is 0.494 e. The van der Waals surface area contributed by atoms with E-state index in [1.54, 1.807) is 21.0 Å². The van der Waals surface area contributed by atoms with Crippen molar-refractivity contribution in [2.45, 2.75) is 83.1 Å². The van der Waals surface area contributed by atoms with Crippen LogP contribution in [0.25, 0.3) is 33.6 Å². The topological polar surface area (TPSA) is 130 Å². The molecule has 7 rings (SSSR count). The first-order valence-electron chi connectivity index (χ1n) is 16.5. The van der Waals surface area contributed by atoms with E-state index in [0.717, 1.165) is 59.6 Å². The van der Waals surface area contributed by atoms with Crippen LogP contribution >= 0.6 is 0 Å². The van der Waals surface area contributed by atoms with Gasteiger partial charge < -0.3 is 34.6 Å². The molecule has 4 aromatic rings. The monoisotopic (exact) mass is 627 g/mol. The maximum absolute atomic E-state index is 13.9. The van der Waals surface area contributed by atoms with Crippen molar-refractivity contribution in [3.05, 3.63) is 41.6 Å². The molecular weight excluding hydrogens is 582 g/mol. The summed E-state index contributed by atoms with van der Waals surface area (Å²) in [6, 6.07) is 9.86. The number of nitrogens with one attached hydrogen (secondary N) is 1. The Morgan fingerprint density at radius 1 is 1.11 bits per heavy atom. The highest BCUT2D eigenvalue weighted by molar-refractivity contribution is 6.00. The van der Waals surface area contributed by atoms with Crippen LogP contribution in [0, 0.1) is 11.8 Å². The van der Waals surface area contributed by atoms with Crippen LogP contribution < -0.4 is 15.8 Å². The summed E-state index contributed by atoms with van der Waals surface area (Å²) in [5.74, 6) is 2.28. The van der Waals surface area contributed by atoms with E-state index < -0.39 is 5.60 Å². The zero-order valence-electron chi connectivity index (χ0n) is 27.7. The summed E-state index contributed by atoms with van der Waals surface area (Å²) >= 11 is 0. The maximum Gasteiger partial charge on any atom is 0.254 e. The number of rotatable bonds is 9. The molecule has 4 atom stereocenters. The number of aryl methyl sites for hydroxylation is 1. The predicted molar refractivity (Wildman–Crippen MR) is 177 cm³/mol. The van der Waals surface area contributed by atoms with Crippen molar-refractivity contribution in [1.82, 2.24) is 29.3 Å². The first-order chi connectivity index (χ1) is 22.0. The van der Waals surface area contributed by atoms with Gasteiger partial charge in [0.05, 0.1) is 30.1 Å². The number of amides is 2. The second-order valence-corrected chi connectivity index (χ2v) is 14.0. The highest BCUT2D eigenvalue weighted by atomic mass is 16.5. The van der Waals surface area contributed by atoms with Gasteiger partial charge in [0.15, 0.2) is 5.82 Å². The number of piperidine rings is 1. The first kappa shape index (κ1) is 30.7. The highest BCUT2D eigenvalue weighted by Crippen LogP contribution is 2.40. The number of imidazole rings is 1. The van der Waals surface area contributed by atoms with Crippen LogP contribution in [0.3, 0.4) is 0 Å². The summed E-state index contributed by atoms with van der Waals surface area (Å²) in [7, 11) is 5.16. The Bertz CT molecular complexity index is 1840. The fourth-order valence-corrected chi connectivity index (χ4v) is 7.27. The lowest BCUT2D eigenvalue weighted by atomic mass is 9.94. The number of nitrogens with zero attached hydrogens (tertiary/aromatic N) is 5. The van der Waals surface area contributed by atoms with E-state index in [9.17, 15) is 9.59 Å². The molecule has 3 aliphatic rings. The Labute approximate surface area is 269 Å². The van der Waals surface area contributed by atoms with Gasteiger partial charge in [0.25, 0.3) is 11.8 Å². The summed E-state index contributed by atoms with van der Waals surface area (Å²) in [4.78, 5) is 38.9. The molecule has 46 heavy (non-hydrogen) atoms. The maximum atomic E-state index is 13.9. The lowest BCUT2D eigenvalue weighted by Gasteiger charge is -2.37. The van der Waals surface area contributed by atoms with Crippen LogP contribution in [0.4, 0.5) is 0 Å². The number of hydrogen-bond acceptors (Lipinski definition) is 7. The number of benzene rings is 1. The van der Waals surface area contributed by atoms with Gasteiger partial charge in [-0.1, -0.05) is 0 Å². The quantitative estimate of drug-likeness (QED) is 0.278. The van der Waals surface area contributed by atoms with Gasteiger partial charge in [-0.25, -0.2) is 9.97 Å². The average molecular weight is 628 g/mol.